The van der Waals surface area contributed by atoms with Crippen molar-refractivity contribution < 1.29 is 13.3 Å². The van der Waals surface area contributed by atoms with Crippen molar-refractivity contribution in [2.24, 2.45) is 0 Å². The summed E-state index contributed by atoms with van der Waals surface area (Å²) in [7, 11) is 4.62. The highest BCUT2D eigenvalue weighted by atomic mass is 28.4. The van der Waals surface area contributed by atoms with Crippen LogP contribution in [-0.2, 0) is 13.3 Å². The molecule has 1 unspecified atom stereocenters. The first-order chi connectivity index (χ1) is 6.67. The van der Waals surface area contributed by atoms with Crippen LogP contribution in [0.4, 0.5) is 0 Å². The smallest absolute Gasteiger partial charge is 0.377 e. The van der Waals surface area contributed by atoms with Crippen LogP contribution in [0.5, 0.6) is 0 Å². The van der Waals surface area contributed by atoms with E-state index in [9.17, 15) is 0 Å². The highest BCUT2D eigenvalue weighted by Crippen LogP contribution is 2.23. The molecule has 1 heterocycles. The first-order valence-corrected chi connectivity index (χ1v) is 6.64. The fraction of sp³-hybridized carbons (Fsp3) is 0.778. The third kappa shape index (κ3) is 2.36. The molecule has 0 aliphatic carbocycles. The van der Waals surface area contributed by atoms with Gasteiger partial charge >= 0.3 is 8.80 Å². The first-order valence-electron chi connectivity index (χ1n) is 4.71. The Kier molecular flexibility index (Phi) is 4.12. The molecule has 0 N–H and O–H groups in total. The lowest BCUT2D eigenvalue weighted by Crippen LogP contribution is -2.47. The van der Waals surface area contributed by atoms with E-state index in [4.69, 9.17) is 13.3 Å². The van der Waals surface area contributed by atoms with Crippen LogP contribution in [0.2, 0.25) is 6.04 Å². The minimum Gasteiger partial charge on any atom is -0.377 e. The third-order valence-electron chi connectivity index (χ3n) is 2.74. The van der Waals surface area contributed by atoms with Gasteiger partial charge in [-0.25, -0.2) is 0 Å². The van der Waals surface area contributed by atoms with E-state index in [1.165, 1.54) is 0 Å². The van der Waals surface area contributed by atoms with Crippen LogP contribution in [0.15, 0.2) is 12.3 Å². The zero-order valence-electron chi connectivity index (χ0n) is 9.32. The zero-order valence-corrected chi connectivity index (χ0v) is 10.3. The Morgan fingerprint density at radius 3 is 2.21 bits per heavy atom. The van der Waals surface area contributed by atoms with Crippen molar-refractivity contribution in [3.05, 3.63) is 12.3 Å². The summed E-state index contributed by atoms with van der Waals surface area (Å²) in [5, 5.41) is 0. The normalized spacial score (nSPS) is 22.0. The van der Waals surface area contributed by atoms with Crippen LogP contribution >= 0.6 is 0 Å². The minimum atomic E-state index is -2.41. The summed E-state index contributed by atoms with van der Waals surface area (Å²) in [5.74, 6) is 0. The van der Waals surface area contributed by atoms with E-state index in [0.717, 1.165) is 12.5 Å². The van der Waals surface area contributed by atoms with Crippen LogP contribution in [0.25, 0.3) is 0 Å². The van der Waals surface area contributed by atoms with E-state index in [-0.39, 0.29) is 0 Å². The van der Waals surface area contributed by atoms with Gasteiger partial charge < -0.3 is 18.2 Å². The molecule has 4 nitrogen and oxygen atoms in total. The molecule has 0 saturated heterocycles. The Bertz CT molecular complexity index is 198. The lowest BCUT2D eigenvalue weighted by Gasteiger charge is -2.30. The monoisotopic (exact) mass is 217 g/mol. The largest absolute Gasteiger partial charge is 0.502 e. The molecule has 1 atom stereocenters. The molecule has 0 spiro atoms. The number of hydrogen-bond donors (Lipinski definition) is 0. The van der Waals surface area contributed by atoms with Crippen molar-refractivity contribution in [1.29, 1.82) is 0 Å². The summed E-state index contributed by atoms with van der Waals surface area (Å²) in [5.41, 5.74) is 0. The second-order valence-electron chi connectivity index (χ2n) is 3.44. The Balaban J connectivity index is 2.55. The number of hydrogen-bond acceptors (Lipinski definition) is 4. The predicted molar refractivity (Wildman–Crippen MR) is 56.9 cm³/mol. The Morgan fingerprint density at radius 2 is 1.86 bits per heavy atom. The van der Waals surface area contributed by atoms with Gasteiger partial charge in [-0.2, -0.15) is 0 Å². The molecule has 0 amide bonds. The van der Waals surface area contributed by atoms with Crippen LogP contribution in [-0.4, -0.2) is 48.1 Å². The van der Waals surface area contributed by atoms with Gasteiger partial charge in [0.15, 0.2) is 0 Å². The van der Waals surface area contributed by atoms with Gasteiger partial charge in [-0.15, -0.1) is 0 Å². The molecule has 0 aromatic heterocycles. The average molecular weight is 217 g/mol. The second-order valence-corrected chi connectivity index (χ2v) is 6.44. The summed E-state index contributed by atoms with van der Waals surface area (Å²) in [6, 6.07) is 1.28. The topological polar surface area (TPSA) is 30.9 Å². The average Bonchev–Trinajstić information content (AvgIpc) is 2.61. The van der Waals surface area contributed by atoms with Gasteiger partial charge in [0.1, 0.15) is 0 Å². The van der Waals surface area contributed by atoms with Gasteiger partial charge in [-0.3, -0.25) is 0 Å². The van der Waals surface area contributed by atoms with Gasteiger partial charge in [0.2, 0.25) is 0 Å². The standard InChI is InChI=1S/C9H19NO3Si/c1-10-7-5-6-9(10)8-14(11-2,12-3)13-4/h5,7,9H,6,8H2,1-4H3. The molecule has 0 saturated carbocycles. The van der Waals surface area contributed by atoms with Gasteiger partial charge in [0, 0.05) is 40.5 Å². The quantitative estimate of drug-likeness (QED) is 0.645. The van der Waals surface area contributed by atoms with Gasteiger partial charge in [-0.1, -0.05) is 6.08 Å². The van der Waals surface area contributed by atoms with E-state index in [1.54, 1.807) is 21.3 Å². The highest BCUT2D eigenvalue weighted by Gasteiger charge is 2.41. The van der Waals surface area contributed by atoms with Crippen molar-refractivity contribution in [2.75, 3.05) is 28.4 Å². The molecule has 0 aromatic carbocycles. The summed E-state index contributed by atoms with van der Waals surface area (Å²) in [4.78, 5) is 2.18. The second kappa shape index (κ2) is 4.93. The maximum atomic E-state index is 5.39. The third-order valence-corrected chi connectivity index (χ3v) is 5.58. The minimum absolute atomic E-state index is 0.446. The van der Waals surface area contributed by atoms with Crippen LogP contribution in [0.3, 0.4) is 0 Å². The number of nitrogens with zero attached hydrogens (tertiary/aromatic N) is 1. The van der Waals surface area contributed by atoms with E-state index in [2.05, 4.69) is 24.2 Å². The Hall–Kier alpha value is -0.363. The highest BCUT2D eigenvalue weighted by molar-refractivity contribution is 6.60. The van der Waals surface area contributed by atoms with Crippen molar-refractivity contribution >= 4 is 8.80 Å². The molecule has 1 rings (SSSR count). The van der Waals surface area contributed by atoms with Gasteiger partial charge in [0.25, 0.3) is 0 Å². The van der Waals surface area contributed by atoms with Crippen LogP contribution < -0.4 is 0 Å². The SMILES string of the molecule is CO[Si](CC1CC=CN1C)(OC)OC. The predicted octanol–water partition coefficient (Wildman–Crippen LogP) is 1.08. The van der Waals surface area contributed by atoms with Crippen LogP contribution in [0, 0.1) is 0 Å². The maximum absolute atomic E-state index is 5.39. The summed E-state index contributed by atoms with van der Waals surface area (Å²) < 4.78 is 16.2. The van der Waals surface area contributed by atoms with E-state index >= 15 is 0 Å². The molecule has 0 radical (unpaired) electrons. The summed E-state index contributed by atoms with van der Waals surface area (Å²) in [6.45, 7) is 0. The van der Waals surface area contributed by atoms with E-state index in [1.807, 2.05) is 0 Å². The zero-order chi connectivity index (χ0) is 10.6. The summed E-state index contributed by atoms with van der Waals surface area (Å²) >= 11 is 0. The lowest BCUT2D eigenvalue weighted by atomic mass is 10.3. The molecule has 82 valence electrons. The number of rotatable bonds is 5. The fourth-order valence-electron chi connectivity index (χ4n) is 1.69. The fourth-order valence-corrected chi connectivity index (χ4v) is 3.72. The van der Waals surface area contributed by atoms with Crippen molar-refractivity contribution in [1.82, 2.24) is 4.90 Å². The van der Waals surface area contributed by atoms with E-state index in [0.29, 0.717) is 6.04 Å². The molecular weight excluding hydrogens is 198 g/mol. The van der Waals surface area contributed by atoms with E-state index < -0.39 is 8.80 Å². The Morgan fingerprint density at radius 1 is 1.29 bits per heavy atom. The van der Waals surface area contributed by atoms with Crippen molar-refractivity contribution in [2.45, 2.75) is 18.5 Å². The molecule has 1 aliphatic rings. The van der Waals surface area contributed by atoms with Gasteiger partial charge in [0.05, 0.1) is 0 Å². The van der Waals surface area contributed by atoms with Gasteiger partial charge in [-0.05, 0) is 12.6 Å². The van der Waals surface area contributed by atoms with Crippen LogP contribution in [0.1, 0.15) is 6.42 Å². The molecule has 14 heavy (non-hydrogen) atoms. The first kappa shape index (κ1) is 11.7. The molecule has 0 aromatic rings. The van der Waals surface area contributed by atoms with Crippen molar-refractivity contribution in [3.63, 3.8) is 0 Å². The molecular formula is C9H19NO3Si. The maximum Gasteiger partial charge on any atom is 0.502 e. The Labute approximate surface area is 86.8 Å². The molecule has 0 fully saturated rings. The lowest BCUT2D eigenvalue weighted by molar-refractivity contribution is 0.116. The molecule has 0 bridgehead atoms. The molecule has 5 heteroatoms. The molecule has 1 aliphatic heterocycles. The summed E-state index contributed by atoms with van der Waals surface area (Å²) in [6.07, 6.45) is 5.29. The van der Waals surface area contributed by atoms with Crippen molar-refractivity contribution in [3.8, 4) is 0 Å².